The van der Waals surface area contributed by atoms with Gasteiger partial charge in [-0.05, 0) is 36.2 Å². The van der Waals surface area contributed by atoms with E-state index < -0.39 is 0 Å². The number of nitrogens with zero attached hydrogens (tertiary/aromatic N) is 1. The van der Waals surface area contributed by atoms with Crippen LogP contribution in [0, 0.1) is 0 Å². The van der Waals surface area contributed by atoms with Crippen LogP contribution in [0.5, 0.6) is 0 Å². The number of carbonyl (C=O) groups is 1. The summed E-state index contributed by atoms with van der Waals surface area (Å²) in [5, 5.41) is 5.60. The second-order valence-electron chi connectivity index (χ2n) is 4.31. The minimum Gasteiger partial charge on any atom is -0.338 e. The summed E-state index contributed by atoms with van der Waals surface area (Å²) in [6, 6.07) is 13.5. The fraction of sp³-hybridized carbons (Fsp3) is 0.200. The fourth-order valence-corrected chi connectivity index (χ4v) is 1.97. The Labute approximate surface area is 126 Å². The Bertz CT molecular complexity index is 543. The molecule has 0 radical (unpaired) electrons. The number of halogens is 1. The van der Waals surface area contributed by atoms with E-state index in [0.29, 0.717) is 13.1 Å². The lowest BCUT2D eigenvalue weighted by molar-refractivity contribution is 0.240. The molecule has 1 aromatic carbocycles. The number of benzene rings is 1. The zero-order valence-electron chi connectivity index (χ0n) is 11.0. The molecule has 0 aliphatic carbocycles. The van der Waals surface area contributed by atoms with Crippen LogP contribution < -0.4 is 10.6 Å². The summed E-state index contributed by atoms with van der Waals surface area (Å²) in [6.07, 6.45) is 2.52. The molecule has 5 heteroatoms. The molecule has 0 unspecified atom stereocenters. The quantitative estimate of drug-likeness (QED) is 0.883. The Morgan fingerprint density at radius 2 is 1.90 bits per heavy atom. The van der Waals surface area contributed by atoms with Crippen molar-refractivity contribution in [3.05, 3.63) is 64.4 Å². The first kappa shape index (κ1) is 14.5. The van der Waals surface area contributed by atoms with Crippen molar-refractivity contribution in [1.29, 1.82) is 0 Å². The number of nitrogens with one attached hydrogen (secondary N) is 2. The molecule has 2 N–H and O–H groups in total. The highest BCUT2D eigenvalue weighted by Gasteiger charge is 2.00. The van der Waals surface area contributed by atoms with Gasteiger partial charge < -0.3 is 10.6 Å². The van der Waals surface area contributed by atoms with Gasteiger partial charge in [0.15, 0.2) is 0 Å². The minimum atomic E-state index is -0.173. The van der Waals surface area contributed by atoms with E-state index in [4.69, 9.17) is 0 Å². The van der Waals surface area contributed by atoms with E-state index in [0.717, 1.165) is 16.6 Å². The molecule has 104 valence electrons. The third-order valence-corrected chi connectivity index (χ3v) is 3.30. The van der Waals surface area contributed by atoms with Crippen molar-refractivity contribution in [1.82, 2.24) is 15.6 Å². The van der Waals surface area contributed by atoms with Crippen LogP contribution >= 0.6 is 15.9 Å². The van der Waals surface area contributed by atoms with Crippen LogP contribution in [-0.4, -0.2) is 17.6 Å². The Balaban J connectivity index is 1.66. The topological polar surface area (TPSA) is 54.0 Å². The number of hydrogen-bond acceptors (Lipinski definition) is 2. The molecule has 0 aliphatic rings. The molecular weight excluding hydrogens is 318 g/mol. The molecule has 2 rings (SSSR count). The molecule has 1 aromatic heterocycles. The number of urea groups is 1. The lowest BCUT2D eigenvalue weighted by atomic mass is 10.1. The summed E-state index contributed by atoms with van der Waals surface area (Å²) in [5.41, 5.74) is 2.04. The molecule has 0 bridgehead atoms. The number of aromatic nitrogens is 1. The van der Waals surface area contributed by atoms with Gasteiger partial charge in [-0.2, -0.15) is 0 Å². The standard InChI is InChI=1S/C15H16BrN3O/c16-13-6-4-12(5-7-13)8-10-18-15(20)19-11-14-3-1-2-9-17-14/h1-7,9H,8,10-11H2,(H2,18,19,20). The fourth-order valence-electron chi connectivity index (χ4n) is 1.71. The highest BCUT2D eigenvalue weighted by molar-refractivity contribution is 9.10. The summed E-state index contributed by atoms with van der Waals surface area (Å²) < 4.78 is 1.06. The monoisotopic (exact) mass is 333 g/mol. The van der Waals surface area contributed by atoms with Crippen molar-refractivity contribution in [3.8, 4) is 0 Å². The highest BCUT2D eigenvalue weighted by Crippen LogP contribution is 2.10. The van der Waals surface area contributed by atoms with Crippen LogP contribution in [0.15, 0.2) is 53.1 Å². The van der Waals surface area contributed by atoms with E-state index >= 15 is 0 Å². The smallest absolute Gasteiger partial charge is 0.315 e. The van der Waals surface area contributed by atoms with E-state index in [1.54, 1.807) is 6.20 Å². The Hall–Kier alpha value is -1.88. The maximum Gasteiger partial charge on any atom is 0.315 e. The zero-order valence-corrected chi connectivity index (χ0v) is 12.6. The highest BCUT2D eigenvalue weighted by atomic mass is 79.9. The first-order valence-corrected chi connectivity index (χ1v) is 7.19. The maximum atomic E-state index is 11.6. The van der Waals surface area contributed by atoms with Crippen molar-refractivity contribution >= 4 is 22.0 Å². The van der Waals surface area contributed by atoms with Gasteiger partial charge in [0.25, 0.3) is 0 Å². The summed E-state index contributed by atoms with van der Waals surface area (Å²) in [6.45, 7) is 1.04. The number of hydrogen-bond donors (Lipinski definition) is 2. The van der Waals surface area contributed by atoms with Crippen LogP contribution in [0.25, 0.3) is 0 Å². The lowest BCUT2D eigenvalue weighted by Crippen LogP contribution is -2.36. The number of amides is 2. The van der Waals surface area contributed by atoms with Crippen LogP contribution in [-0.2, 0) is 13.0 Å². The summed E-state index contributed by atoms with van der Waals surface area (Å²) in [7, 11) is 0. The largest absolute Gasteiger partial charge is 0.338 e. The number of pyridine rings is 1. The normalized spacial score (nSPS) is 10.1. The molecule has 0 aliphatic heterocycles. The van der Waals surface area contributed by atoms with E-state index in [2.05, 4.69) is 31.5 Å². The maximum absolute atomic E-state index is 11.6. The lowest BCUT2D eigenvalue weighted by Gasteiger charge is -2.07. The summed E-state index contributed by atoms with van der Waals surface area (Å²) >= 11 is 3.39. The van der Waals surface area contributed by atoms with Gasteiger partial charge in [-0.25, -0.2) is 4.79 Å². The van der Waals surface area contributed by atoms with Crippen LogP contribution in [0.4, 0.5) is 4.79 Å². The van der Waals surface area contributed by atoms with E-state index in [1.807, 2.05) is 42.5 Å². The van der Waals surface area contributed by atoms with Gasteiger partial charge in [0.1, 0.15) is 0 Å². The van der Waals surface area contributed by atoms with Crippen molar-refractivity contribution < 1.29 is 4.79 Å². The first-order chi connectivity index (χ1) is 9.74. The van der Waals surface area contributed by atoms with Gasteiger partial charge in [-0.1, -0.05) is 34.1 Å². The van der Waals surface area contributed by atoms with Crippen molar-refractivity contribution in [2.24, 2.45) is 0 Å². The van der Waals surface area contributed by atoms with Gasteiger partial charge in [0, 0.05) is 17.2 Å². The van der Waals surface area contributed by atoms with Crippen LogP contribution in [0.2, 0.25) is 0 Å². The average Bonchev–Trinajstić information content (AvgIpc) is 2.48. The number of carbonyl (C=O) groups excluding carboxylic acids is 1. The molecular formula is C15H16BrN3O. The van der Waals surface area contributed by atoms with E-state index in [9.17, 15) is 4.79 Å². The van der Waals surface area contributed by atoms with Crippen LogP contribution in [0.1, 0.15) is 11.3 Å². The molecule has 1 heterocycles. The Morgan fingerprint density at radius 1 is 1.10 bits per heavy atom. The Morgan fingerprint density at radius 3 is 2.60 bits per heavy atom. The first-order valence-electron chi connectivity index (χ1n) is 6.40. The minimum absolute atomic E-state index is 0.173. The molecule has 2 amide bonds. The van der Waals surface area contributed by atoms with Crippen molar-refractivity contribution in [2.45, 2.75) is 13.0 Å². The van der Waals surface area contributed by atoms with Crippen LogP contribution in [0.3, 0.4) is 0 Å². The predicted molar refractivity (Wildman–Crippen MR) is 82.3 cm³/mol. The third kappa shape index (κ3) is 5.01. The van der Waals surface area contributed by atoms with Crippen molar-refractivity contribution in [2.75, 3.05) is 6.54 Å². The average molecular weight is 334 g/mol. The third-order valence-electron chi connectivity index (χ3n) is 2.77. The Kier molecular flexibility index (Phi) is 5.55. The van der Waals surface area contributed by atoms with Gasteiger partial charge in [-0.15, -0.1) is 0 Å². The number of rotatable bonds is 5. The molecule has 0 fully saturated rings. The molecule has 20 heavy (non-hydrogen) atoms. The second-order valence-corrected chi connectivity index (χ2v) is 5.22. The molecule has 0 saturated heterocycles. The summed E-state index contributed by atoms with van der Waals surface area (Å²) in [4.78, 5) is 15.7. The summed E-state index contributed by atoms with van der Waals surface area (Å²) in [5.74, 6) is 0. The van der Waals surface area contributed by atoms with E-state index in [1.165, 1.54) is 5.56 Å². The molecule has 2 aromatic rings. The second kappa shape index (κ2) is 7.65. The van der Waals surface area contributed by atoms with Crippen molar-refractivity contribution in [3.63, 3.8) is 0 Å². The molecule has 4 nitrogen and oxygen atoms in total. The molecule has 0 atom stereocenters. The van der Waals surface area contributed by atoms with Gasteiger partial charge in [-0.3, -0.25) is 4.98 Å². The zero-order chi connectivity index (χ0) is 14.2. The molecule has 0 spiro atoms. The SMILES string of the molecule is O=C(NCCc1ccc(Br)cc1)NCc1ccccn1. The van der Waals surface area contributed by atoms with Gasteiger partial charge in [0.2, 0.25) is 0 Å². The molecule has 0 saturated carbocycles. The van der Waals surface area contributed by atoms with E-state index in [-0.39, 0.29) is 6.03 Å². The van der Waals surface area contributed by atoms with Gasteiger partial charge in [0.05, 0.1) is 12.2 Å². The van der Waals surface area contributed by atoms with Gasteiger partial charge >= 0.3 is 6.03 Å². The predicted octanol–water partition coefficient (Wildman–Crippen LogP) is 2.89.